The Kier molecular flexibility index (Phi) is 4.02. The zero-order valence-electron chi connectivity index (χ0n) is 11.3. The number of nitrogens with one attached hydrogen (secondary N) is 1. The van der Waals surface area contributed by atoms with Crippen molar-refractivity contribution < 1.29 is 9.53 Å². The lowest BCUT2D eigenvalue weighted by atomic mass is 10.1. The maximum Gasteiger partial charge on any atom is 0.255 e. The lowest BCUT2D eigenvalue weighted by Gasteiger charge is -2.09. The van der Waals surface area contributed by atoms with Crippen molar-refractivity contribution in [2.45, 2.75) is 6.92 Å². The smallest absolute Gasteiger partial charge is 0.255 e. The molecule has 2 rings (SSSR count). The van der Waals surface area contributed by atoms with Crippen LogP contribution in [0.25, 0.3) is 0 Å². The third kappa shape index (κ3) is 2.96. The Morgan fingerprint density at radius 2 is 1.90 bits per heavy atom. The second-order valence-corrected chi connectivity index (χ2v) is 4.33. The maximum absolute atomic E-state index is 12.1. The first-order valence-electron chi connectivity index (χ1n) is 6.10. The SMILES string of the molecule is COc1ccc(NC(=O)c2ccc(C#N)cc2)cc1C. The van der Waals surface area contributed by atoms with Crippen molar-refractivity contribution in [3.05, 3.63) is 59.2 Å². The standard InChI is InChI=1S/C16H14N2O2/c1-11-9-14(7-8-15(11)20-2)18-16(19)13-5-3-12(10-17)4-6-13/h3-9H,1-2H3,(H,18,19). The van der Waals surface area contributed by atoms with E-state index in [1.807, 2.05) is 25.1 Å². The van der Waals surface area contributed by atoms with E-state index in [9.17, 15) is 4.79 Å². The van der Waals surface area contributed by atoms with Gasteiger partial charge in [-0.15, -0.1) is 0 Å². The van der Waals surface area contributed by atoms with Crippen LogP contribution in [-0.2, 0) is 0 Å². The Balaban J connectivity index is 2.14. The van der Waals surface area contributed by atoms with Crippen LogP contribution >= 0.6 is 0 Å². The lowest BCUT2D eigenvalue weighted by Crippen LogP contribution is -2.11. The number of methoxy groups -OCH3 is 1. The Morgan fingerprint density at radius 1 is 1.20 bits per heavy atom. The van der Waals surface area contributed by atoms with Gasteiger partial charge in [-0.1, -0.05) is 0 Å². The van der Waals surface area contributed by atoms with Crippen LogP contribution in [0.5, 0.6) is 5.75 Å². The van der Waals surface area contributed by atoms with Crippen molar-refractivity contribution in [3.8, 4) is 11.8 Å². The number of benzene rings is 2. The van der Waals surface area contributed by atoms with Crippen LogP contribution in [0.15, 0.2) is 42.5 Å². The zero-order valence-corrected chi connectivity index (χ0v) is 11.3. The van der Waals surface area contributed by atoms with Gasteiger partial charge in [0.15, 0.2) is 0 Å². The normalized spacial score (nSPS) is 9.65. The first-order chi connectivity index (χ1) is 9.63. The molecule has 0 saturated carbocycles. The van der Waals surface area contributed by atoms with Crippen molar-refractivity contribution in [3.63, 3.8) is 0 Å². The van der Waals surface area contributed by atoms with Gasteiger partial charge in [0.05, 0.1) is 18.7 Å². The number of ether oxygens (including phenoxy) is 1. The number of amides is 1. The fraction of sp³-hybridized carbons (Fsp3) is 0.125. The predicted octanol–water partition coefficient (Wildman–Crippen LogP) is 3.13. The zero-order chi connectivity index (χ0) is 14.5. The molecule has 20 heavy (non-hydrogen) atoms. The van der Waals surface area contributed by atoms with Gasteiger partial charge in [0, 0.05) is 11.3 Å². The number of carbonyl (C=O) groups is 1. The van der Waals surface area contributed by atoms with Gasteiger partial charge in [0.25, 0.3) is 5.91 Å². The van der Waals surface area contributed by atoms with Gasteiger partial charge in [-0.25, -0.2) is 0 Å². The van der Waals surface area contributed by atoms with Gasteiger partial charge < -0.3 is 10.1 Å². The van der Waals surface area contributed by atoms with Crippen LogP contribution in [-0.4, -0.2) is 13.0 Å². The monoisotopic (exact) mass is 266 g/mol. The van der Waals surface area contributed by atoms with Crippen molar-refractivity contribution in [2.75, 3.05) is 12.4 Å². The third-order valence-corrected chi connectivity index (χ3v) is 2.93. The van der Waals surface area contributed by atoms with E-state index in [0.29, 0.717) is 16.8 Å². The molecule has 0 aromatic heterocycles. The molecule has 0 heterocycles. The molecule has 0 fully saturated rings. The second kappa shape index (κ2) is 5.89. The van der Waals surface area contributed by atoms with E-state index < -0.39 is 0 Å². The Hall–Kier alpha value is -2.80. The third-order valence-electron chi connectivity index (χ3n) is 2.93. The largest absolute Gasteiger partial charge is 0.496 e. The van der Waals surface area contributed by atoms with Crippen LogP contribution in [0.1, 0.15) is 21.5 Å². The number of anilines is 1. The second-order valence-electron chi connectivity index (χ2n) is 4.33. The molecule has 2 aromatic rings. The quantitative estimate of drug-likeness (QED) is 0.928. The highest BCUT2D eigenvalue weighted by molar-refractivity contribution is 6.04. The minimum Gasteiger partial charge on any atom is -0.496 e. The summed E-state index contributed by atoms with van der Waals surface area (Å²) >= 11 is 0. The summed E-state index contributed by atoms with van der Waals surface area (Å²) < 4.78 is 5.17. The number of carbonyl (C=O) groups excluding carboxylic acids is 1. The van der Waals surface area contributed by atoms with E-state index >= 15 is 0 Å². The maximum atomic E-state index is 12.1. The molecule has 1 amide bonds. The highest BCUT2D eigenvalue weighted by atomic mass is 16.5. The minimum absolute atomic E-state index is 0.209. The Labute approximate surface area is 117 Å². The molecule has 4 heteroatoms. The van der Waals surface area contributed by atoms with Crippen molar-refractivity contribution in [2.24, 2.45) is 0 Å². The Morgan fingerprint density at radius 3 is 2.45 bits per heavy atom. The van der Waals surface area contributed by atoms with Crippen molar-refractivity contribution >= 4 is 11.6 Å². The molecule has 0 aliphatic heterocycles. The van der Waals surface area contributed by atoms with E-state index in [1.54, 1.807) is 37.4 Å². The molecule has 0 radical (unpaired) electrons. The van der Waals surface area contributed by atoms with E-state index in [2.05, 4.69) is 5.32 Å². The highest BCUT2D eigenvalue weighted by Gasteiger charge is 2.07. The molecule has 0 unspecified atom stereocenters. The number of aryl methyl sites for hydroxylation is 1. The summed E-state index contributed by atoms with van der Waals surface area (Å²) in [4.78, 5) is 12.1. The van der Waals surface area contributed by atoms with Gasteiger partial charge >= 0.3 is 0 Å². The van der Waals surface area contributed by atoms with Gasteiger partial charge in [-0.3, -0.25) is 4.79 Å². The van der Waals surface area contributed by atoms with Gasteiger partial charge in [0.1, 0.15) is 5.75 Å². The molecule has 0 spiro atoms. The van der Waals surface area contributed by atoms with Gasteiger partial charge in [-0.05, 0) is 55.0 Å². The molecule has 100 valence electrons. The number of nitrogens with zero attached hydrogens (tertiary/aromatic N) is 1. The summed E-state index contributed by atoms with van der Waals surface area (Å²) in [6.45, 7) is 1.91. The molecule has 0 saturated heterocycles. The van der Waals surface area contributed by atoms with Crippen LogP contribution in [0.3, 0.4) is 0 Å². The summed E-state index contributed by atoms with van der Waals surface area (Å²) in [6, 6.07) is 14.0. The number of hydrogen-bond donors (Lipinski definition) is 1. The summed E-state index contributed by atoms with van der Waals surface area (Å²) in [5.41, 5.74) is 2.70. The van der Waals surface area contributed by atoms with E-state index in [0.717, 1.165) is 11.3 Å². The topological polar surface area (TPSA) is 62.1 Å². The summed E-state index contributed by atoms with van der Waals surface area (Å²) in [5.74, 6) is 0.570. The molecule has 2 aromatic carbocycles. The van der Waals surface area contributed by atoms with E-state index in [4.69, 9.17) is 10.00 Å². The highest BCUT2D eigenvalue weighted by Crippen LogP contribution is 2.21. The number of nitriles is 1. The molecule has 4 nitrogen and oxygen atoms in total. The molecule has 0 atom stereocenters. The van der Waals surface area contributed by atoms with E-state index in [-0.39, 0.29) is 5.91 Å². The van der Waals surface area contributed by atoms with Gasteiger partial charge in [0.2, 0.25) is 0 Å². The first-order valence-corrected chi connectivity index (χ1v) is 6.10. The summed E-state index contributed by atoms with van der Waals surface area (Å²) in [7, 11) is 1.61. The minimum atomic E-state index is -0.209. The lowest BCUT2D eigenvalue weighted by molar-refractivity contribution is 0.102. The fourth-order valence-corrected chi connectivity index (χ4v) is 1.86. The molecule has 1 N–H and O–H groups in total. The molecular weight excluding hydrogens is 252 g/mol. The van der Waals surface area contributed by atoms with Crippen LogP contribution in [0.2, 0.25) is 0 Å². The first kappa shape index (κ1) is 13.6. The summed E-state index contributed by atoms with van der Waals surface area (Å²) in [5, 5.41) is 11.5. The molecule has 0 bridgehead atoms. The van der Waals surface area contributed by atoms with E-state index in [1.165, 1.54) is 0 Å². The number of rotatable bonds is 3. The van der Waals surface area contributed by atoms with Crippen LogP contribution in [0, 0.1) is 18.3 Å². The van der Waals surface area contributed by atoms with Crippen LogP contribution in [0.4, 0.5) is 5.69 Å². The Bertz CT molecular complexity index is 670. The molecule has 0 aliphatic rings. The van der Waals surface area contributed by atoms with Crippen molar-refractivity contribution in [1.82, 2.24) is 0 Å². The van der Waals surface area contributed by atoms with Crippen molar-refractivity contribution in [1.29, 1.82) is 5.26 Å². The average molecular weight is 266 g/mol. The predicted molar refractivity (Wildman–Crippen MR) is 76.8 cm³/mol. The number of hydrogen-bond acceptors (Lipinski definition) is 3. The summed E-state index contributed by atoms with van der Waals surface area (Å²) in [6.07, 6.45) is 0. The van der Waals surface area contributed by atoms with Gasteiger partial charge in [-0.2, -0.15) is 5.26 Å². The molecule has 0 aliphatic carbocycles. The average Bonchev–Trinajstić information content (AvgIpc) is 2.47. The van der Waals surface area contributed by atoms with Crippen LogP contribution < -0.4 is 10.1 Å². The fourth-order valence-electron chi connectivity index (χ4n) is 1.86. The molecular formula is C16H14N2O2.